The van der Waals surface area contributed by atoms with E-state index in [0.717, 1.165) is 14.6 Å². The smallest absolute Gasteiger partial charge is 0.233 e. The fourth-order valence-corrected chi connectivity index (χ4v) is 7.79. The summed E-state index contributed by atoms with van der Waals surface area (Å²) in [6.07, 6.45) is 1.31. The number of nitrogens with zero attached hydrogens (tertiary/aromatic N) is 3. The lowest BCUT2D eigenvalue weighted by Crippen LogP contribution is -2.43. The van der Waals surface area contributed by atoms with E-state index < -0.39 is 10.0 Å². The second kappa shape index (κ2) is 6.99. The Bertz CT molecular complexity index is 913. The Labute approximate surface area is 170 Å². The number of amides is 1. The highest BCUT2D eigenvalue weighted by Crippen LogP contribution is 2.42. The van der Waals surface area contributed by atoms with E-state index in [4.69, 9.17) is 0 Å². The van der Waals surface area contributed by atoms with Gasteiger partial charge in [-0.15, -0.1) is 0 Å². The number of hydrogen-bond acceptors (Lipinski definition) is 5. The van der Waals surface area contributed by atoms with Gasteiger partial charge in [0, 0.05) is 11.0 Å². The molecule has 9 heteroatoms. The van der Waals surface area contributed by atoms with Gasteiger partial charge in [0.2, 0.25) is 15.9 Å². The lowest BCUT2D eigenvalue weighted by molar-refractivity contribution is -0.120. The van der Waals surface area contributed by atoms with Crippen LogP contribution in [0.25, 0.3) is 10.2 Å². The number of sulfonamides is 1. The molecule has 26 heavy (non-hydrogen) atoms. The topological polar surface area (TPSA) is 70.6 Å². The normalized spacial score (nSPS) is 26.8. The Morgan fingerprint density at radius 2 is 2.12 bits per heavy atom. The summed E-state index contributed by atoms with van der Waals surface area (Å²) < 4.78 is 28.9. The van der Waals surface area contributed by atoms with Crippen molar-refractivity contribution in [3.8, 4) is 0 Å². The van der Waals surface area contributed by atoms with E-state index in [1.54, 1.807) is 9.21 Å². The number of carbonyl (C=O) groups excluding carboxylic acids is 1. The zero-order valence-electron chi connectivity index (χ0n) is 14.3. The maximum atomic E-state index is 13.0. The first kappa shape index (κ1) is 18.6. The lowest BCUT2D eigenvalue weighted by atomic mass is 10.0. The number of rotatable bonds is 5. The molecule has 2 saturated heterocycles. The number of carbonyl (C=O) groups is 1. The van der Waals surface area contributed by atoms with Crippen molar-refractivity contribution in [3.63, 3.8) is 0 Å². The van der Waals surface area contributed by atoms with Gasteiger partial charge in [0.25, 0.3) is 0 Å². The number of hydrogen-bond donors (Lipinski definition) is 0. The van der Waals surface area contributed by atoms with Crippen molar-refractivity contribution >= 4 is 65.2 Å². The first-order chi connectivity index (χ1) is 12.4. The van der Waals surface area contributed by atoms with E-state index in [9.17, 15) is 13.2 Å². The Hall–Kier alpha value is -0.780. The van der Waals surface area contributed by atoms with Crippen LogP contribution in [0.5, 0.6) is 0 Å². The van der Waals surface area contributed by atoms with Crippen molar-refractivity contribution in [2.24, 2.45) is 5.92 Å². The van der Waals surface area contributed by atoms with Crippen molar-refractivity contribution < 1.29 is 13.2 Å². The van der Waals surface area contributed by atoms with E-state index >= 15 is 0 Å². The molecule has 3 atom stereocenters. The molecule has 6 nitrogen and oxygen atoms in total. The van der Waals surface area contributed by atoms with Crippen LogP contribution in [0, 0.1) is 5.92 Å². The predicted octanol–water partition coefficient (Wildman–Crippen LogP) is 2.88. The molecule has 0 unspecified atom stereocenters. The largest absolute Gasteiger partial charge is 0.283 e. The third-order valence-electron chi connectivity index (χ3n) is 5.22. The van der Waals surface area contributed by atoms with E-state index in [1.165, 1.54) is 11.3 Å². The Kier molecular flexibility index (Phi) is 4.99. The molecule has 1 aromatic carbocycles. The zero-order chi connectivity index (χ0) is 18.5. The molecule has 2 aliphatic heterocycles. The maximum Gasteiger partial charge on any atom is 0.233 e. The van der Waals surface area contributed by atoms with Gasteiger partial charge < -0.3 is 0 Å². The van der Waals surface area contributed by atoms with Gasteiger partial charge in [0.1, 0.15) is 0 Å². The summed E-state index contributed by atoms with van der Waals surface area (Å²) in [4.78, 5) is 19.3. The summed E-state index contributed by atoms with van der Waals surface area (Å²) in [6.45, 7) is 2.33. The molecular formula is C17H20IN3O3S2. The first-order valence-electron chi connectivity index (χ1n) is 8.68. The van der Waals surface area contributed by atoms with E-state index in [-0.39, 0.29) is 29.7 Å². The van der Waals surface area contributed by atoms with Gasteiger partial charge in [-0.05, 0) is 25.0 Å². The minimum absolute atomic E-state index is 0.0205. The van der Waals surface area contributed by atoms with Crippen LogP contribution in [0.3, 0.4) is 0 Å². The third kappa shape index (κ3) is 2.96. The molecular weight excluding hydrogens is 485 g/mol. The molecule has 0 aliphatic carbocycles. The molecule has 0 N–H and O–H groups in total. The van der Waals surface area contributed by atoms with Crippen LogP contribution in [0.1, 0.15) is 19.8 Å². The minimum atomic E-state index is -3.33. The Morgan fingerprint density at radius 1 is 1.35 bits per heavy atom. The molecule has 0 radical (unpaired) electrons. The van der Waals surface area contributed by atoms with Crippen LogP contribution in [-0.2, 0) is 14.8 Å². The van der Waals surface area contributed by atoms with Crippen molar-refractivity contribution in [2.75, 3.05) is 21.6 Å². The third-order valence-corrected chi connectivity index (χ3v) is 8.97. The maximum absolute atomic E-state index is 13.0. The molecule has 0 spiro atoms. The van der Waals surface area contributed by atoms with Gasteiger partial charge in [0.15, 0.2) is 5.13 Å². The Balaban J connectivity index is 1.67. The number of alkyl halides is 1. The molecule has 0 saturated carbocycles. The fourth-order valence-electron chi connectivity index (χ4n) is 4.04. The number of halogens is 1. The van der Waals surface area contributed by atoms with Gasteiger partial charge in [0.05, 0.1) is 34.0 Å². The number of fused-ring (bicyclic) bond motifs is 2. The molecule has 2 fully saturated rings. The lowest BCUT2D eigenvalue weighted by Gasteiger charge is -2.25. The summed E-state index contributed by atoms with van der Waals surface area (Å²) in [5.74, 6) is -0.210. The van der Waals surface area contributed by atoms with Crippen LogP contribution >= 0.6 is 33.9 Å². The molecule has 1 aromatic heterocycles. The number of thiazole rings is 1. The van der Waals surface area contributed by atoms with Crippen LogP contribution in [-0.4, -0.2) is 52.4 Å². The summed E-state index contributed by atoms with van der Waals surface area (Å²) in [7, 11) is -3.33. The quantitative estimate of drug-likeness (QED) is 0.463. The van der Waals surface area contributed by atoms with Gasteiger partial charge in [-0.25, -0.2) is 13.4 Å². The average Bonchev–Trinajstić information content (AvgIpc) is 3.29. The van der Waals surface area contributed by atoms with Crippen LogP contribution in [0.15, 0.2) is 24.3 Å². The highest BCUT2D eigenvalue weighted by molar-refractivity contribution is 14.1. The number of benzene rings is 1. The van der Waals surface area contributed by atoms with E-state index in [2.05, 4.69) is 27.6 Å². The standard InChI is InChI=1S/C17H20IN3O3S2/c1-11-15-13(7-9-20(15)26(23,24)10-4-8-18)21(16(11)22)17-19-12-5-2-3-6-14(12)25-17/h2-3,5-6,11,13,15H,4,7-10H2,1H3/t11-,13-,15+/m0/s1. The summed E-state index contributed by atoms with van der Waals surface area (Å²) >= 11 is 3.69. The Morgan fingerprint density at radius 3 is 2.85 bits per heavy atom. The van der Waals surface area contributed by atoms with Crippen LogP contribution in [0.4, 0.5) is 5.13 Å². The molecule has 140 valence electrons. The average molecular weight is 505 g/mol. The monoisotopic (exact) mass is 505 g/mol. The molecule has 1 amide bonds. The summed E-state index contributed by atoms with van der Waals surface area (Å²) in [6, 6.07) is 7.42. The van der Waals surface area contributed by atoms with E-state index in [1.807, 2.05) is 31.2 Å². The summed E-state index contributed by atoms with van der Waals surface area (Å²) in [5.41, 5.74) is 0.876. The number of anilines is 1. The molecule has 2 aliphatic rings. The first-order valence-corrected chi connectivity index (χ1v) is 12.6. The molecule has 2 aromatic rings. The highest BCUT2D eigenvalue weighted by Gasteiger charge is 2.55. The highest BCUT2D eigenvalue weighted by atomic mass is 127. The second-order valence-corrected chi connectivity index (χ2v) is 10.9. The zero-order valence-corrected chi connectivity index (χ0v) is 18.1. The number of para-hydroxylation sites is 1. The predicted molar refractivity (Wildman–Crippen MR) is 112 cm³/mol. The minimum Gasteiger partial charge on any atom is -0.283 e. The van der Waals surface area contributed by atoms with E-state index in [0.29, 0.717) is 24.5 Å². The van der Waals surface area contributed by atoms with Gasteiger partial charge in [-0.1, -0.05) is 53.0 Å². The van der Waals surface area contributed by atoms with Crippen molar-refractivity contribution in [1.29, 1.82) is 0 Å². The van der Waals surface area contributed by atoms with Crippen LogP contribution < -0.4 is 4.90 Å². The fraction of sp³-hybridized carbons (Fsp3) is 0.529. The second-order valence-electron chi connectivity index (χ2n) is 6.78. The van der Waals surface area contributed by atoms with Gasteiger partial charge in [-0.3, -0.25) is 9.69 Å². The number of aromatic nitrogens is 1. The van der Waals surface area contributed by atoms with Crippen molar-refractivity contribution in [3.05, 3.63) is 24.3 Å². The van der Waals surface area contributed by atoms with Gasteiger partial charge in [-0.2, -0.15) is 4.31 Å². The SMILES string of the molecule is C[C@@H]1C(=O)N(c2nc3ccccc3s2)[C@H]2CCN(S(=O)(=O)CCCI)[C@H]12. The molecule has 0 bridgehead atoms. The molecule has 3 heterocycles. The molecule has 4 rings (SSSR count). The van der Waals surface area contributed by atoms with Crippen molar-refractivity contribution in [2.45, 2.75) is 31.8 Å². The van der Waals surface area contributed by atoms with Gasteiger partial charge >= 0.3 is 0 Å². The van der Waals surface area contributed by atoms with Crippen LogP contribution in [0.2, 0.25) is 0 Å². The van der Waals surface area contributed by atoms with Crippen molar-refractivity contribution in [1.82, 2.24) is 9.29 Å². The summed E-state index contributed by atoms with van der Waals surface area (Å²) in [5, 5.41) is 0.682.